The van der Waals surface area contributed by atoms with Gasteiger partial charge in [0.05, 0.1) is 15.6 Å². The molecule has 0 fully saturated rings. The fraction of sp³-hybridized carbons (Fsp3) is 0.235. The van der Waals surface area contributed by atoms with Crippen LogP contribution in [0, 0.1) is 0 Å². The van der Waals surface area contributed by atoms with Crippen molar-refractivity contribution in [1.82, 2.24) is 10.2 Å². The van der Waals surface area contributed by atoms with Crippen LogP contribution in [0.15, 0.2) is 102 Å². The van der Waals surface area contributed by atoms with E-state index in [1.807, 2.05) is 44.2 Å². The van der Waals surface area contributed by atoms with Crippen LogP contribution in [0.3, 0.4) is 0 Å². The number of halogens is 4. The van der Waals surface area contributed by atoms with Gasteiger partial charge in [-0.1, -0.05) is 108 Å². The molecule has 2 atom stereocenters. The van der Waals surface area contributed by atoms with Gasteiger partial charge in [0.15, 0.2) is 0 Å². The Hall–Kier alpha value is -3.27. The molecule has 4 aromatic carbocycles. The van der Waals surface area contributed by atoms with Gasteiger partial charge in [0.25, 0.3) is 10.0 Å². The summed E-state index contributed by atoms with van der Waals surface area (Å²) in [5, 5.41) is 4.01. The zero-order valence-corrected chi connectivity index (χ0v) is 29.0. The molecule has 46 heavy (non-hydrogen) atoms. The van der Waals surface area contributed by atoms with Gasteiger partial charge < -0.3 is 10.2 Å². The van der Waals surface area contributed by atoms with Gasteiger partial charge >= 0.3 is 0 Å². The third-order valence-corrected chi connectivity index (χ3v) is 10.3. The molecule has 0 saturated heterocycles. The molecular formula is C34H33Cl4N3O4S. The Morgan fingerprint density at radius 3 is 1.98 bits per heavy atom. The molecule has 12 heteroatoms. The molecule has 4 rings (SSSR count). The van der Waals surface area contributed by atoms with Crippen LogP contribution in [0.2, 0.25) is 20.1 Å². The van der Waals surface area contributed by atoms with E-state index < -0.39 is 34.4 Å². The van der Waals surface area contributed by atoms with Crippen molar-refractivity contribution in [3.8, 4) is 0 Å². The third kappa shape index (κ3) is 8.96. The molecule has 0 bridgehead atoms. The summed E-state index contributed by atoms with van der Waals surface area (Å²) < 4.78 is 29.1. The molecule has 1 N–H and O–H groups in total. The Balaban J connectivity index is 1.85. The average Bonchev–Trinajstić information content (AvgIpc) is 3.03. The fourth-order valence-electron chi connectivity index (χ4n) is 4.75. The first-order chi connectivity index (χ1) is 21.9. The van der Waals surface area contributed by atoms with Crippen molar-refractivity contribution < 1.29 is 18.0 Å². The lowest BCUT2D eigenvalue weighted by Crippen LogP contribution is -2.54. The van der Waals surface area contributed by atoms with Crippen molar-refractivity contribution in [1.29, 1.82) is 0 Å². The molecule has 242 valence electrons. The van der Waals surface area contributed by atoms with Crippen LogP contribution in [0.25, 0.3) is 0 Å². The summed E-state index contributed by atoms with van der Waals surface area (Å²) in [5.74, 6) is -1.05. The van der Waals surface area contributed by atoms with Crippen molar-refractivity contribution in [3.05, 3.63) is 128 Å². The van der Waals surface area contributed by atoms with E-state index in [1.165, 1.54) is 35.2 Å². The first kappa shape index (κ1) is 35.6. The summed E-state index contributed by atoms with van der Waals surface area (Å²) >= 11 is 25.4. The van der Waals surface area contributed by atoms with Gasteiger partial charge in [-0.05, 0) is 66.9 Å². The minimum absolute atomic E-state index is 0.0300. The number of nitrogens with one attached hydrogen (secondary N) is 1. The molecule has 2 unspecified atom stereocenters. The number of amides is 2. The van der Waals surface area contributed by atoms with Crippen molar-refractivity contribution in [2.75, 3.05) is 10.8 Å². The van der Waals surface area contributed by atoms with Gasteiger partial charge in [0.1, 0.15) is 12.6 Å². The smallest absolute Gasteiger partial charge is 0.264 e. The predicted molar refractivity (Wildman–Crippen MR) is 186 cm³/mol. The number of hydrogen-bond acceptors (Lipinski definition) is 4. The van der Waals surface area contributed by atoms with Gasteiger partial charge in [0, 0.05) is 34.1 Å². The minimum atomic E-state index is -4.32. The molecule has 0 heterocycles. The number of carbonyl (C=O) groups is 2. The topological polar surface area (TPSA) is 86.8 Å². The molecule has 0 aliphatic rings. The van der Waals surface area contributed by atoms with E-state index in [4.69, 9.17) is 46.4 Å². The maximum atomic E-state index is 14.6. The maximum Gasteiger partial charge on any atom is 0.264 e. The van der Waals surface area contributed by atoms with Gasteiger partial charge in [-0.3, -0.25) is 13.9 Å². The van der Waals surface area contributed by atoms with Crippen LogP contribution in [0.4, 0.5) is 5.69 Å². The van der Waals surface area contributed by atoms with Crippen molar-refractivity contribution >= 4 is 73.9 Å². The molecule has 4 aromatic rings. The highest BCUT2D eigenvalue weighted by Gasteiger charge is 2.35. The first-order valence-electron chi connectivity index (χ1n) is 14.5. The van der Waals surface area contributed by atoms with E-state index in [-0.39, 0.29) is 34.6 Å². The second-order valence-electron chi connectivity index (χ2n) is 10.7. The van der Waals surface area contributed by atoms with Gasteiger partial charge in [0.2, 0.25) is 11.8 Å². The summed E-state index contributed by atoms with van der Waals surface area (Å²) in [4.78, 5) is 29.8. The highest BCUT2D eigenvalue weighted by molar-refractivity contribution is 7.92. The lowest BCUT2D eigenvalue weighted by Gasteiger charge is -2.34. The number of carbonyl (C=O) groups excluding carboxylic acids is 2. The zero-order valence-electron chi connectivity index (χ0n) is 25.2. The van der Waals surface area contributed by atoms with E-state index in [0.29, 0.717) is 27.1 Å². The Morgan fingerprint density at radius 1 is 0.804 bits per heavy atom. The highest BCUT2D eigenvalue weighted by Crippen LogP contribution is 2.33. The maximum absolute atomic E-state index is 14.6. The van der Waals surface area contributed by atoms with Crippen molar-refractivity contribution in [3.63, 3.8) is 0 Å². The Kier molecular flexibility index (Phi) is 12.4. The van der Waals surface area contributed by atoms with Crippen molar-refractivity contribution in [2.24, 2.45) is 0 Å². The summed E-state index contributed by atoms with van der Waals surface area (Å²) in [5.41, 5.74) is 1.38. The standard InChI is InChI=1S/C34H33Cl4N3O4S/c1-3-23(2)39-34(43)32(18-24-10-6-4-7-11-24)40(21-25-14-15-26(35)19-29(25)37)33(42)22-41(31-17-16-27(36)20-30(31)38)46(44,45)28-12-8-5-9-13-28/h4-17,19-20,23,32H,3,18,21-22H2,1-2H3,(H,39,43). The zero-order chi connectivity index (χ0) is 33.4. The number of rotatable bonds is 13. The second kappa shape index (κ2) is 16.0. The first-order valence-corrected chi connectivity index (χ1v) is 17.5. The van der Waals surface area contributed by atoms with Crippen LogP contribution >= 0.6 is 46.4 Å². The van der Waals surface area contributed by atoms with Crippen LogP contribution < -0.4 is 9.62 Å². The predicted octanol–water partition coefficient (Wildman–Crippen LogP) is 8.05. The van der Waals surface area contributed by atoms with Crippen LogP contribution in [0.1, 0.15) is 31.4 Å². The number of benzene rings is 4. The molecule has 0 aliphatic carbocycles. The molecular weight excluding hydrogens is 688 g/mol. The average molecular weight is 722 g/mol. The SMILES string of the molecule is CCC(C)NC(=O)C(Cc1ccccc1)N(Cc1ccc(Cl)cc1Cl)C(=O)CN(c1ccc(Cl)cc1Cl)S(=O)(=O)c1ccccc1. The summed E-state index contributed by atoms with van der Waals surface area (Å²) in [7, 11) is -4.32. The summed E-state index contributed by atoms with van der Waals surface area (Å²) in [6.45, 7) is 3.03. The Labute approximate surface area is 290 Å². The second-order valence-corrected chi connectivity index (χ2v) is 14.3. The van der Waals surface area contributed by atoms with E-state index >= 15 is 0 Å². The Bertz CT molecular complexity index is 1780. The van der Waals surface area contributed by atoms with Gasteiger partial charge in [-0.2, -0.15) is 0 Å². The molecule has 0 aliphatic heterocycles. The van der Waals surface area contributed by atoms with Crippen LogP contribution in [-0.4, -0.2) is 43.8 Å². The lowest BCUT2D eigenvalue weighted by molar-refractivity contribution is -0.140. The van der Waals surface area contributed by atoms with Gasteiger partial charge in [-0.25, -0.2) is 8.42 Å². The van der Waals surface area contributed by atoms with E-state index in [0.717, 1.165) is 9.87 Å². The summed E-state index contributed by atoms with van der Waals surface area (Å²) in [6.07, 6.45) is 0.826. The molecule has 2 amide bonds. The van der Waals surface area contributed by atoms with Crippen LogP contribution in [0.5, 0.6) is 0 Å². The van der Waals surface area contributed by atoms with Crippen molar-refractivity contribution in [2.45, 2.75) is 50.2 Å². The molecule has 0 spiro atoms. The van der Waals surface area contributed by atoms with E-state index in [1.54, 1.807) is 36.4 Å². The van der Waals surface area contributed by atoms with E-state index in [9.17, 15) is 18.0 Å². The monoisotopic (exact) mass is 719 g/mol. The molecule has 0 saturated carbocycles. The normalized spacial score (nSPS) is 12.7. The number of hydrogen-bond donors (Lipinski definition) is 1. The van der Waals surface area contributed by atoms with Crippen LogP contribution in [-0.2, 0) is 32.6 Å². The Morgan fingerprint density at radius 2 is 1.39 bits per heavy atom. The number of anilines is 1. The largest absolute Gasteiger partial charge is 0.352 e. The third-order valence-electron chi connectivity index (χ3n) is 7.42. The molecule has 7 nitrogen and oxygen atoms in total. The fourth-order valence-corrected chi connectivity index (χ4v) is 7.23. The molecule has 0 radical (unpaired) electrons. The highest BCUT2D eigenvalue weighted by atomic mass is 35.5. The van der Waals surface area contributed by atoms with Gasteiger partial charge in [-0.15, -0.1) is 0 Å². The number of sulfonamides is 1. The quantitative estimate of drug-likeness (QED) is 0.152. The number of nitrogens with zero attached hydrogens (tertiary/aromatic N) is 2. The molecule has 0 aromatic heterocycles. The summed E-state index contributed by atoms with van der Waals surface area (Å²) in [6, 6.07) is 25.0. The lowest BCUT2D eigenvalue weighted by atomic mass is 10.0. The minimum Gasteiger partial charge on any atom is -0.352 e. The van der Waals surface area contributed by atoms with E-state index in [2.05, 4.69) is 5.32 Å².